The highest BCUT2D eigenvalue weighted by molar-refractivity contribution is 7.89. The van der Waals surface area contributed by atoms with Gasteiger partial charge in [-0.1, -0.05) is 25.9 Å². The van der Waals surface area contributed by atoms with E-state index >= 15 is 0 Å². The third-order valence-corrected chi connectivity index (χ3v) is 4.82. The van der Waals surface area contributed by atoms with Gasteiger partial charge in [0.1, 0.15) is 6.10 Å². The zero-order valence-electron chi connectivity index (χ0n) is 11.7. The number of nitrogens with two attached hydrogens (primary N) is 1. The summed E-state index contributed by atoms with van der Waals surface area (Å²) in [6, 6.07) is 0. The smallest absolute Gasteiger partial charge is 0.214 e. The van der Waals surface area contributed by atoms with Crippen LogP contribution in [0, 0.1) is 5.41 Å². The summed E-state index contributed by atoms with van der Waals surface area (Å²) in [6.07, 6.45) is -0.0934. The van der Waals surface area contributed by atoms with Gasteiger partial charge in [0.15, 0.2) is 5.84 Å². The van der Waals surface area contributed by atoms with E-state index < -0.39 is 16.1 Å². The van der Waals surface area contributed by atoms with Gasteiger partial charge in [0.2, 0.25) is 10.0 Å². The van der Waals surface area contributed by atoms with Gasteiger partial charge < -0.3 is 15.7 Å². The molecule has 1 aliphatic rings. The standard InChI is InChI=1S/C11H23N3O4S/c1-11(2,3)4-7-19(16,17)14-5-6-18-9(8-14)10(12)13-15/h9,15H,4-8H2,1-3H3,(H2,12,13). The van der Waals surface area contributed by atoms with Gasteiger partial charge in [-0.2, -0.15) is 4.31 Å². The lowest BCUT2D eigenvalue weighted by molar-refractivity contribution is 0.0354. The Balaban J connectivity index is 2.68. The van der Waals surface area contributed by atoms with Gasteiger partial charge in [-0.15, -0.1) is 0 Å². The number of ether oxygens (including phenoxy) is 1. The van der Waals surface area contributed by atoms with E-state index in [-0.39, 0.29) is 30.2 Å². The molecule has 1 unspecified atom stereocenters. The highest BCUT2D eigenvalue weighted by Gasteiger charge is 2.32. The topological polar surface area (TPSA) is 105 Å². The second kappa shape index (κ2) is 6.06. The fourth-order valence-corrected chi connectivity index (χ4v) is 3.53. The van der Waals surface area contributed by atoms with Crippen LogP contribution in [0.2, 0.25) is 0 Å². The predicted octanol–water partition coefficient (Wildman–Crippen LogP) is 0.200. The maximum Gasteiger partial charge on any atom is 0.214 e. The Morgan fingerprint density at radius 3 is 2.68 bits per heavy atom. The van der Waals surface area contributed by atoms with Crippen LogP contribution >= 0.6 is 0 Å². The first-order chi connectivity index (χ1) is 8.65. The number of oxime groups is 1. The fourth-order valence-electron chi connectivity index (χ4n) is 1.69. The van der Waals surface area contributed by atoms with Crippen LogP contribution in [0.3, 0.4) is 0 Å². The van der Waals surface area contributed by atoms with E-state index in [2.05, 4.69) is 5.16 Å². The van der Waals surface area contributed by atoms with Crippen molar-refractivity contribution in [1.29, 1.82) is 0 Å². The third-order valence-electron chi connectivity index (χ3n) is 2.98. The van der Waals surface area contributed by atoms with Crippen molar-refractivity contribution in [3.05, 3.63) is 0 Å². The number of sulfonamides is 1. The zero-order chi connectivity index (χ0) is 14.7. The summed E-state index contributed by atoms with van der Waals surface area (Å²) in [5.74, 6) is -0.00456. The summed E-state index contributed by atoms with van der Waals surface area (Å²) in [6.45, 7) is 6.66. The molecule has 7 nitrogen and oxygen atoms in total. The van der Waals surface area contributed by atoms with Crippen LogP contribution in [0.4, 0.5) is 0 Å². The first-order valence-electron chi connectivity index (χ1n) is 6.22. The van der Waals surface area contributed by atoms with E-state index in [1.165, 1.54) is 4.31 Å². The molecule has 1 aliphatic heterocycles. The Hall–Kier alpha value is -0.860. The van der Waals surface area contributed by atoms with E-state index in [9.17, 15) is 8.42 Å². The molecule has 0 aliphatic carbocycles. The average molecular weight is 293 g/mol. The molecule has 0 bridgehead atoms. The van der Waals surface area contributed by atoms with Crippen molar-refractivity contribution in [3.8, 4) is 0 Å². The van der Waals surface area contributed by atoms with Gasteiger partial charge >= 0.3 is 0 Å². The zero-order valence-corrected chi connectivity index (χ0v) is 12.5. The molecule has 0 radical (unpaired) electrons. The lowest BCUT2D eigenvalue weighted by atomic mass is 9.94. The summed E-state index contributed by atoms with van der Waals surface area (Å²) in [7, 11) is -3.33. The Morgan fingerprint density at radius 1 is 1.53 bits per heavy atom. The molecule has 1 saturated heterocycles. The number of morpholine rings is 1. The first-order valence-corrected chi connectivity index (χ1v) is 7.83. The summed E-state index contributed by atoms with van der Waals surface area (Å²) in [4.78, 5) is 0. The van der Waals surface area contributed by atoms with Gasteiger partial charge in [0.25, 0.3) is 0 Å². The first kappa shape index (κ1) is 16.2. The van der Waals surface area contributed by atoms with Crippen LogP contribution in [0.15, 0.2) is 5.16 Å². The summed E-state index contributed by atoms with van der Waals surface area (Å²) in [5.41, 5.74) is 5.41. The third kappa shape index (κ3) is 4.96. The number of hydrogen-bond acceptors (Lipinski definition) is 5. The molecule has 0 saturated carbocycles. The van der Waals surface area contributed by atoms with E-state index in [4.69, 9.17) is 15.7 Å². The van der Waals surface area contributed by atoms with Gasteiger partial charge in [0, 0.05) is 13.1 Å². The molecule has 1 rings (SSSR count). The summed E-state index contributed by atoms with van der Waals surface area (Å²) in [5, 5.41) is 11.5. The maximum absolute atomic E-state index is 12.2. The van der Waals surface area contributed by atoms with E-state index in [1.54, 1.807) is 0 Å². The lowest BCUT2D eigenvalue weighted by Crippen LogP contribution is -2.51. The minimum Gasteiger partial charge on any atom is -0.409 e. The highest BCUT2D eigenvalue weighted by Crippen LogP contribution is 2.21. The van der Waals surface area contributed by atoms with Gasteiger partial charge in [-0.05, 0) is 11.8 Å². The molecule has 1 fully saturated rings. The van der Waals surface area contributed by atoms with Crippen molar-refractivity contribution in [2.75, 3.05) is 25.4 Å². The quantitative estimate of drug-likeness (QED) is 0.333. The highest BCUT2D eigenvalue weighted by atomic mass is 32.2. The molecular formula is C11H23N3O4S. The minimum absolute atomic E-state index is 0.0374. The number of nitrogens with zero attached hydrogens (tertiary/aromatic N) is 2. The largest absolute Gasteiger partial charge is 0.409 e. The molecule has 3 N–H and O–H groups in total. The van der Waals surface area contributed by atoms with Crippen molar-refractivity contribution in [2.24, 2.45) is 16.3 Å². The SMILES string of the molecule is CC(C)(C)CCS(=O)(=O)N1CCOC(C(N)=NO)C1. The van der Waals surface area contributed by atoms with Crippen LogP contribution in [0.1, 0.15) is 27.2 Å². The lowest BCUT2D eigenvalue weighted by Gasteiger charge is -2.32. The van der Waals surface area contributed by atoms with Crippen molar-refractivity contribution in [1.82, 2.24) is 4.31 Å². The van der Waals surface area contributed by atoms with Crippen LogP contribution in [-0.4, -0.2) is 55.3 Å². The number of amidine groups is 1. The van der Waals surface area contributed by atoms with Crippen LogP contribution in [-0.2, 0) is 14.8 Å². The molecule has 112 valence electrons. The van der Waals surface area contributed by atoms with E-state index in [0.717, 1.165) is 0 Å². The Labute approximate surface area is 114 Å². The van der Waals surface area contributed by atoms with Crippen LogP contribution in [0.25, 0.3) is 0 Å². The van der Waals surface area contributed by atoms with Gasteiger partial charge in [-0.3, -0.25) is 0 Å². The minimum atomic E-state index is -3.33. The van der Waals surface area contributed by atoms with Crippen molar-refractivity contribution < 1.29 is 18.4 Å². The molecule has 0 aromatic heterocycles. The Bertz CT molecular complexity index is 428. The number of rotatable bonds is 4. The maximum atomic E-state index is 12.2. The predicted molar refractivity (Wildman–Crippen MR) is 72.6 cm³/mol. The fraction of sp³-hybridized carbons (Fsp3) is 0.909. The van der Waals surface area contributed by atoms with Crippen molar-refractivity contribution in [2.45, 2.75) is 33.3 Å². The molecular weight excluding hydrogens is 270 g/mol. The van der Waals surface area contributed by atoms with Crippen LogP contribution in [0.5, 0.6) is 0 Å². The summed E-state index contributed by atoms with van der Waals surface area (Å²) >= 11 is 0. The molecule has 1 heterocycles. The van der Waals surface area contributed by atoms with Crippen LogP contribution < -0.4 is 5.73 Å². The van der Waals surface area contributed by atoms with Crippen molar-refractivity contribution >= 4 is 15.9 Å². The molecule has 19 heavy (non-hydrogen) atoms. The van der Waals surface area contributed by atoms with E-state index in [0.29, 0.717) is 13.0 Å². The molecule has 0 aromatic carbocycles. The van der Waals surface area contributed by atoms with Crippen molar-refractivity contribution in [3.63, 3.8) is 0 Å². The summed E-state index contributed by atoms with van der Waals surface area (Å²) < 4.78 is 31.1. The molecule has 1 atom stereocenters. The van der Waals surface area contributed by atoms with Gasteiger partial charge in [0.05, 0.1) is 12.4 Å². The number of hydrogen-bond donors (Lipinski definition) is 2. The van der Waals surface area contributed by atoms with E-state index in [1.807, 2.05) is 20.8 Å². The average Bonchev–Trinajstić information content (AvgIpc) is 2.35. The molecule has 8 heteroatoms. The molecule has 0 amide bonds. The second-order valence-electron chi connectivity index (χ2n) is 5.87. The Morgan fingerprint density at radius 2 is 2.16 bits per heavy atom. The second-order valence-corrected chi connectivity index (χ2v) is 7.96. The molecule has 0 aromatic rings. The van der Waals surface area contributed by atoms with Gasteiger partial charge in [-0.25, -0.2) is 8.42 Å². The normalized spacial score (nSPS) is 23.5. The Kier molecular flexibility index (Phi) is 5.17. The monoisotopic (exact) mass is 293 g/mol. The molecule has 0 spiro atoms.